The van der Waals surface area contributed by atoms with Crippen LogP contribution in [0.5, 0.6) is 0 Å². The van der Waals surface area contributed by atoms with Crippen molar-refractivity contribution >= 4 is 16.9 Å². The summed E-state index contributed by atoms with van der Waals surface area (Å²) in [6, 6.07) is 2.15. The highest BCUT2D eigenvalue weighted by molar-refractivity contribution is 5.98. The van der Waals surface area contributed by atoms with Crippen LogP contribution in [0.3, 0.4) is 0 Å². The van der Waals surface area contributed by atoms with Gasteiger partial charge in [0, 0.05) is 24.5 Å². The molecule has 3 heterocycles. The maximum atomic E-state index is 12.9. The van der Waals surface area contributed by atoms with Gasteiger partial charge in [0.1, 0.15) is 0 Å². The number of carbonyl (C=O) groups is 1. The second-order valence-corrected chi connectivity index (χ2v) is 6.68. The fourth-order valence-corrected chi connectivity index (χ4v) is 3.17. The molecule has 0 aromatic carbocycles. The van der Waals surface area contributed by atoms with Crippen LogP contribution in [0.2, 0.25) is 0 Å². The first kappa shape index (κ1) is 15.9. The van der Waals surface area contributed by atoms with Gasteiger partial charge >= 0.3 is 0 Å². The minimum atomic E-state index is 0.0243. The van der Waals surface area contributed by atoms with Gasteiger partial charge in [0.15, 0.2) is 5.65 Å². The Morgan fingerprint density at radius 1 is 1.30 bits per heavy atom. The lowest BCUT2D eigenvalue weighted by molar-refractivity contribution is -0.0586. The van der Waals surface area contributed by atoms with Crippen LogP contribution in [0.15, 0.2) is 12.3 Å². The average Bonchev–Trinajstić information content (AvgIpc) is 2.87. The van der Waals surface area contributed by atoms with E-state index in [2.05, 4.69) is 23.9 Å². The van der Waals surface area contributed by atoms with E-state index in [-0.39, 0.29) is 24.2 Å². The Morgan fingerprint density at radius 3 is 2.57 bits per heavy atom. The summed E-state index contributed by atoms with van der Waals surface area (Å²) in [7, 11) is 0. The molecule has 0 unspecified atom stereocenters. The topological polar surface area (TPSA) is 60.2 Å². The fourth-order valence-electron chi connectivity index (χ4n) is 3.17. The Hall–Kier alpha value is -1.95. The molecule has 1 aliphatic rings. The second-order valence-electron chi connectivity index (χ2n) is 6.68. The Labute approximate surface area is 136 Å². The molecule has 0 N–H and O–H groups in total. The van der Waals surface area contributed by atoms with Crippen molar-refractivity contribution in [3.8, 4) is 0 Å². The summed E-state index contributed by atoms with van der Waals surface area (Å²) in [5.74, 6) is 0.0243. The summed E-state index contributed by atoms with van der Waals surface area (Å²) >= 11 is 0. The number of fused-ring (bicyclic) bond motifs is 1. The van der Waals surface area contributed by atoms with Crippen molar-refractivity contribution in [2.24, 2.45) is 0 Å². The predicted octanol–water partition coefficient (Wildman–Crippen LogP) is 2.57. The van der Waals surface area contributed by atoms with Gasteiger partial charge in [0.05, 0.1) is 29.7 Å². The normalized spacial score (nSPS) is 22.1. The third-order valence-electron chi connectivity index (χ3n) is 4.19. The first-order valence-corrected chi connectivity index (χ1v) is 8.16. The number of rotatable bonds is 2. The molecular weight excluding hydrogens is 292 g/mol. The predicted molar refractivity (Wildman–Crippen MR) is 88.6 cm³/mol. The maximum absolute atomic E-state index is 12.9. The minimum Gasteiger partial charge on any atom is -0.372 e. The summed E-state index contributed by atoms with van der Waals surface area (Å²) in [4.78, 5) is 19.4. The number of carbonyl (C=O) groups excluding carboxylic acids is 1. The number of morpholine rings is 1. The summed E-state index contributed by atoms with van der Waals surface area (Å²) < 4.78 is 7.59. The van der Waals surface area contributed by atoms with Gasteiger partial charge in [-0.3, -0.25) is 4.79 Å². The zero-order chi connectivity index (χ0) is 16.7. The molecule has 124 valence electrons. The van der Waals surface area contributed by atoms with Crippen LogP contribution in [0.4, 0.5) is 0 Å². The van der Waals surface area contributed by atoms with E-state index in [1.165, 1.54) is 0 Å². The smallest absolute Gasteiger partial charge is 0.255 e. The van der Waals surface area contributed by atoms with Crippen molar-refractivity contribution in [3.05, 3.63) is 23.5 Å². The molecule has 3 rings (SSSR count). The highest BCUT2D eigenvalue weighted by atomic mass is 16.5. The first-order valence-electron chi connectivity index (χ1n) is 8.16. The zero-order valence-electron chi connectivity index (χ0n) is 14.4. The van der Waals surface area contributed by atoms with E-state index < -0.39 is 0 Å². The first-order chi connectivity index (χ1) is 10.9. The highest BCUT2D eigenvalue weighted by Crippen LogP contribution is 2.22. The molecule has 1 aliphatic heterocycles. The Kier molecular flexibility index (Phi) is 4.10. The molecule has 1 fully saturated rings. The van der Waals surface area contributed by atoms with Gasteiger partial charge in [-0.1, -0.05) is 0 Å². The SMILES string of the molecule is Cc1nc2c(cnn2C(C)C)cc1C(=O)N1C[C@@H](C)O[C@@H](C)C1. The lowest BCUT2D eigenvalue weighted by atomic mass is 10.1. The molecule has 1 saturated heterocycles. The lowest BCUT2D eigenvalue weighted by Gasteiger charge is -2.35. The van der Waals surface area contributed by atoms with Crippen LogP contribution in [0, 0.1) is 6.92 Å². The number of aromatic nitrogens is 3. The van der Waals surface area contributed by atoms with Crippen LogP contribution in [-0.4, -0.2) is 50.9 Å². The number of pyridine rings is 1. The van der Waals surface area contributed by atoms with E-state index in [0.29, 0.717) is 18.7 Å². The van der Waals surface area contributed by atoms with Gasteiger partial charge in [0.2, 0.25) is 0 Å². The number of hydrogen-bond acceptors (Lipinski definition) is 4. The number of aryl methyl sites for hydroxylation is 1. The molecule has 23 heavy (non-hydrogen) atoms. The standard InChI is InChI=1S/C17H24N4O2/c1-10(2)21-16-14(7-18-21)6-15(13(5)19-16)17(22)20-8-11(3)23-12(4)9-20/h6-7,10-12H,8-9H2,1-5H3/t11-,12+. The van der Waals surface area contributed by atoms with Crippen molar-refractivity contribution in [3.63, 3.8) is 0 Å². The lowest BCUT2D eigenvalue weighted by Crippen LogP contribution is -2.48. The summed E-state index contributed by atoms with van der Waals surface area (Å²) in [5.41, 5.74) is 2.23. The number of ether oxygens (including phenoxy) is 1. The van der Waals surface area contributed by atoms with Crippen LogP contribution in [0.25, 0.3) is 11.0 Å². The monoisotopic (exact) mass is 316 g/mol. The molecule has 0 aliphatic carbocycles. The molecule has 6 heteroatoms. The van der Waals surface area contributed by atoms with Crippen molar-refractivity contribution in [2.75, 3.05) is 13.1 Å². The zero-order valence-corrected chi connectivity index (χ0v) is 14.4. The van der Waals surface area contributed by atoms with E-state index in [1.54, 1.807) is 6.20 Å². The van der Waals surface area contributed by atoms with Gasteiger partial charge < -0.3 is 9.64 Å². The van der Waals surface area contributed by atoms with Gasteiger partial charge in [0.25, 0.3) is 5.91 Å². The minimum absolute atomic E-state index is 0.0243. The van der Waals surface area contributed by atoms with E-state index in [0.717, 1.165) is 16.7 Å². The van der Waals surface area contributed by atoms with Crippen LogP contribution in [-0.2, 0) is 4.74 Å². The molecule has 0 bridgehead atoms. The van der Waals surface area contributed by atoms with Gasteiger partial charge in [-0.2, -0.15) is 5.10 Å². The molecule has 1 amide bonds. The van der Waals surface area contributed by atoms with E-state index in [4.69, 9.17) is 4.74 Å². The van der Waals surface area contributed by atoms with Crippen molar-refractivity contribution < 1.29 is 9.53 Å². The third-order valence-corrected chi connectivity index (χ3v) is 4.19. The van der Waals surface area contributed by atoms with Crippen molar-refractivity contribution in [1.29, 1.82) is 0 Å². The van der Waals surface area contributed by atoms with E-state index in [9.17, 15) is 4.79 Å². The molecule has 6 nitrogen and oxygen atoms in total. The molecular formula is C17H24N4O2. The molecule has 0 saturated carbocycles. The maximum Gasteiger partial charge on any atom is 0.255 e. The van der Waals surface area contributed by atoms with Gasteiger partial charge in [-0.05, 0) is 40.7 Å². The summed E-state index contributed by atoms with van der Waals surface area (Å²) in [6.07, 6.45) is 1.90. The number of nitrogens with zero attached hydrogens (tertiary/aromatic N) is 4. The van der Waals surface area contributed by atoms with E-state index >= 15 is 0 Å². The Balaban J connectivity index is 1.96. The van der Waals surface area contributed by atoms with Crippen molar-refractivity contribution in [1.82, 2.24) is 19.7 Å². The molecule has 2 atom stereocenters. The van der Waals surface area contributed by atoms with Gasteiger partial charge in [-0.15, -0.1) is 0 Å². The van der Waals surface area contributed by atoms with E-state index in [1.807, 2.05) is 36.4 Å². The molecule has 2 aromatic heterocycles. The quantitative estimate of drug-likeness (QED) is 0.854. The molecule has 0 spiro atoms. The Morgan fingerprint density at radius 2 is 1.96 bits per heavy atom. The van der Waals surface area contributed by atoms with Crippen molar-refractivity contribution in [2.45, 2.75) is 52.9 Å². The fraction of sp³-hybridized carbons (Fsp3) is 0.588. The second kappa shape index (κ2) is 5.92. The molecule has 0 radical (unpaired) electrons. The molecule has 2 aromatic rings. The van der Waals surface area contributed by atoms with Gasteiger partial charge in [-0.25, -0.2) is 9.67 Å². The largest absolute Gasteiger partial charge is 0.372 e. The highest BCUT2D eigenvalue weighted by Gasteiger charge is 2.28. The van der Waals surface area contributed by atoms with Crippen LogP contribution in [0.1, 0.15) is 49.8 Å². The number of hydrogen-bond donors (Lipinski definition) is 0. The number of amides is 1. The average molecular weight is 316 g/mol. The Bertz CT molecular complexity index is 728. The summed E-state index contributed by atoms with van der Waals surface area (Å²) in [6.45, 7) is 11.3. The van der Waals surface area contributed by atoms with Crippen LogP contribution < -0.4 is 0 Å². The summed E-state index contributed by atoms with van der Waals surface area (Å²) in [5, 5.41) is 5.29. The van der Waals surface area contributed by atoms with Crippen LogP contribution >= 0.6 is 0 Å². The third kappa shape index (κ3) is 2.95.